The van der Waals surface area contributed by atoms with E-state index < -0.39 is 32.8 Å². The minimum absolute atomic E-state index is 0.403. The number of aryl methyl sites for hydroxylation is 1. The van der Waals surface area contributed by atoms with Crippen LogP contribution in [-0.2, 0) is 16.9 Å². The Morgan fingerprint density at radius 2 is 1.24 bits per heavy atom. The van der Waals surface area contributed by atoms with Gasteiger partial charge in [0, 0.05) is 0 Å². The Balaban J connectivity index is 2.36. The quantitative estimate of drug-likeness (QED) is 0.737. The summed E-state index contributed by atoms with van der Waals surface area (Å²) >= 11 is 0. The number of hydrogen-bond acceptors (Lipinski definition) is 4. The van der Waals surface area contributed by atoms with Gasteiger partial charge >= 0.3 is 32.8 Å². The van der Waals surface area contributed by atoms with Crippen LogP contribution in [0.2, 0.25) is 39.3 Å². The molecule has 0 spiro atoms. The molecule has 116 valence electrons. The molecule has 2 rings (SSSR count). The molecule has 0 radical (unpaired) electrons. The third-order valence-electron chi connectivity index (χ3n) is 3.21. The highest BCUT2D eigenvalue weighted by atomic mass is 28.5. The van der Waals surface area contributed by atoms with Crippen molar-refractivity contribution in [1.29, 1.82) is 0 Å². The predicted molar refractivity (Wildman–Crippen MR) is 93.4 cm³/mol. The molecule has 1 saturated heterocycles. The van der Waals surface area contributed by atoms with E-state index in [1.807, 2.05) is 12.1 Å². The lowest BCUT2D eigenvalue weighted by molar-refractivity contribution is 0.254. The average molecular weight is 340 g/mol. The van der Waals surface area contributed by atoms with Crippen LogP contribution in [0.3, 0.4) is 0 Å². The molecule has 0 saturated carbocycles. The topological polar surface area (TPSA) is 36.9 Å². The van der Waals surface area contributed by atoms with Gasteiger partial charge in [0.15, 0.2) is 0 Å². The first-order chi connectivity index (χ1) is 9.50. The summed E-state index contributed by atoms with van der Waals surface area (Å²) in [6, 6.07) is 8.16. The second kappa shape index (κ2) is 5.76. The van der Waals surface area contributed by atoms with Crippen LogP contribution in [0.25, 0.3) is 0 Å². The Hall–Kier alpha value is -0.224. The van der Waals surface area contributed by atoms with E-state index in [9.17, 15) is 0 Å². The Labute approximate surface area is 131 Å². The van der Waals surface area contributed by atoms with Gasteiger partial charge in [0.25, 0.3) is 0 Å². The van der Waals surface area contributed by atoms with Crippen molar-refractivity contribution in [2.75, 3.05) is 0 Å². The van der Waals surface area contributed by atoms with Crippen molar-refractivity contribution in [3.63, 3.8) is 0 Å². The summed E-state index contributed by atoms with van der Waals surface area (Å²) in [4.78, 5) is 0. The Bertz CT molecular complexity index is 500. The minimum Gasteiger partial charge on any atom is -0.430 e. The maximum absolute atomic E-state index is 6.30. The summed E-state index contributed by atoms with van der Waals surface area (Å²) in [6.07, 6.45) is 0. The Morgan fingerprint density at radius 1 is 0.762 bits per heavy atom. The van der Waals surface area contributed by atoms with Crippen molar-refractivity contribution in [3.8, 4) is 0 Å². The third kappa shape index (κ3) is 4.62. The fraction of sp³-hybridized carbons (Fsp3) is 0.538. The highest BCUT2D eigenvalue weighted by Gasteiger charge is 2.49. The number of rotatable bonds is 1. The van der Waals surface area contributed by atoms with Crippen LogP contribution in [-0.4, -0.2) is 32.8 Å². The number of hydrogen-bond donors (Lipinski definition) is 0. The molecule has 0 amide bonds. The van der Waals surface area contributed by atoms with Crippen LogP contribution in [0.5, 0.6) is 0 Å². The zero-order valence-electron chi connectivity index (χ0n) is 14.0. The van der Waals surface area contributed by atoms with Crippen LogP contribution in [0.15, 0.2) is 24.3 Å². The lowest BCUT2D eigenvalue weighted by atomic mass is 9.77. The van der Waals surface area contributed by atoms with Gasteiger partial charge in [0.1, 0.15) is 0 Å². The lowest BCUT2D eigenvalue weighted by Gasteiger charge is -2.43. The van der Waals surface area contributed by atoms with Gasteiger partial charge in [0.05, 0.1) is 0 Å². The zero-order valence-corrected chi connectivity index (χ0v) is 17.0. The van der Waals surface area contributed by atoms with E-state index in [1.54, 1.807) is 0 Å². The van der Waals surface area contributed by atoms with E-state index >= 15 is 0 Å². The van der Waals surface area contributed by atoms with Gasteiger partial charge in [0.2, 0.25) is 0 Å². The van der Waals surface area contributed by atoms with Crippen molar-refractivity contribution in [3.05, 3.63) is 29.8 Å². The normalized spacial score (nSPS) is 24.2. The standard InChI is InChI=1S/C13H25BO4Si3/c1-12-10-8-9-11-13(12)14-15-19(2,3)17-21(6,7)18-20(4,5)16-14/h8-11H,1-7H3. The lowest BCUT2D eigenvalue weighted by Crippen LogP contribution is -2.63. The molecule has 0 bridgehead atoms. The molecule has 0 aromatic heterocycles. The van der Waals surface area contributed by atoms with Crippen LogP contribution in [0, 0.1) is 6.92 Å². The smallest absolute Gasteiger partial charge is 0.430 e. The summed E-state index contributed by atoms with van der Waals surface area (Å²) in [5, 5.41) is 0. The van der Waals surface area contributed by atoms with Crippen LogP contribution < -0.4 is 5.46 Å². The van der Waals surface area contributed by atoms with E-state index in [2.05, 4.69) is 58.3 Å². The minimum atomic E-state index is -2.31. The number of benzene rings is 1. The van der Waals surface area contributed by atoms with Crippen molar-refractivity contribution in [2.24, 2.45) is 0 Å². The Kier molecular flexibility index (Phi) is 4.70. The predicted octanol–water partition coefficient (Wildman–Crippen LogP) is 2.88. The first-order valence-corrected chi connectivity index (χ1v) is 15.8. The Morgan fingerprint density at radius 3 is 1.71 bits per heavy atom. The van der Waals surface area contributed by atoms with Crippen molar-refractivity contribution < 1.29 is 16.9 Å². The van der Waals surface area contributed by atoms with Gasteiger partial charge in [-0.3, -0.25) is 0 Å². The summed E-state index contributed by atoms with van der Waals surface area (Å²) in [6.45, 7) is 14.4. The van der Waals surface area contributed by atoms with E-state index in [0.717, 1.165) is 11.0 Å². The van der Waals surface area contributed by atoms with Crippen molar-refractivity contribution >= 4 is 38.3 Å². The molecule has 0 unspecified atom stereocenters. The molecule has 8 heteroatoms. The molecule has 0 aliphatic carbocycles. The SMILES string of the molecule is Cc1ccccc1B1O[Si](C)(C)O[Si](C)(C)O[Si](C)(C)O1. The fourth-order valence-electron chi connectivity index (χ4n) is 2.77. The molecule has 1 aromatic carbocycles. The van der Waals surface area contributed by atoms with Gasteiger partial charge in [-0.15, -0.1) is 0 Å². The van der Waals surface area contributed by atoms with Gasteiger partial charge in [-0.2, -0.15) is 0 Å². The second-order valence-corrected chi connectivity index (χ2v) is 17.3. The van der Waals surface area contributed by atoms with E-state index in [1.165, 1.54) is 0 Å². The molecule has 4 nitrogen and oxygen atoms in total. The van der Waals surface area contributed by atoms with Gasteiger partial charge < -0.3 is 16.9 Å². The van der Waals surface area contributed by atoms with Gasteiger partial charge in [-0.25, -0.2) is 0 Å². The largest absolute Gasteiger partial charge is 0.475 e. The third-order valence-corrected chi connectivity index (χ3v) is 12.6. The summed E-state index contributed by atoms with van der Waals surface area (Å²) in [5.41, 5.74) is 2.22. The molecular weight excluding hydrogens is 315 g/mol. The molecule has 21 heavy (non-hydrogen) atoms. The van der Waals surface area contributed by atoms with E-state index in [0.29, 0.717) is 0 Å². The first kappa shape index (κ1) is 17.1. The van der Waals surface area contributed by atoms with Crippen molar-refractivity contribution in [1.82, 2.24) is 0 Å². The highest BCUT2D eigenvalue weighted by Crippen LogP contribution is 2.26. The van der Waals surface area contributed by atoms with Gasteiger partial charge in [-0.1, -0.05) is 29.8 Å². The van der Waals surface area contributed by atoms with Crippen LogP contribution in [0.1, 0.15) is 5.56 Å². The summed E-state index contributed by atoms with van der Waals surface area (Å²) in [5.74, 6) is 0. The maximum Gasteiger partial charge on any atom is 0.475 e. The molecular formula is C13H25BO4Si3. The highest BCUT2D eigenvalue weighted by molar-refractivity contribution is 6.91. The molecule has 1 aromatic rings. The van der Waals surface area contributed by atoms with E-state index in [4.69, 9.17) is 16.9 Å². The summed E-state index contributed by atoms with van der Waals surface area (Å²) in [7, 11) is -7.23. The fourth-order valence-corrected chi connectivity index (χ4v) is 14.6. The van der Waals surface area contributed by atoms with Gasteiger partial charge in [-0.05, 0) is 51.7 Å². The molecule has 0 N–H and O–H groups in total. The molecule has 1 fully saturated rings. The first-order valence-electron chi connectivity index (χ1n) is 7.31. The average Bonchev–Trinajstić information content (AvgIpc) is 2.22. The summed E-state index contributed by atoms with van der Waals surface area (Å²) < 4.78 is 25.2. The van der Waals surface area contributed by atoms with Crippen LogP contribution >= 0.6 is 0 Å². The molecule has 1 aliphatic heterocycles. The molecule has 0 atom stereocenters. The molecule has 1 heterocycles. The van der Waals surface area contributed by atoms with Crippen LogP contribution in [0.4, 0.5) is 0 Å². The van der Waals surface area contributed by atoms with E-state index in [-0.39, 0.29) is 0 Å². The molecule has 1 aliphatic rings. The second-order valence-electron chi connectivity index (χ2n) is 6.83. The van der Waals surface area contributed by atoms with Crippen molar-refractivity contribution in [2.45, 2.75) is 46.2 Å². The zero-order chi connectivity index (χ0) is 15.9. The monoisotopic (exact) mass is 340 g/mol. The maximum atomic E-state index is 6.30.